The van der Waals surface area contributed by atoms with Gasteiger partial charge in [-0.3, -0.25) is 10.1 Å². The molecule has 0 amide bonds. The molecule has 0 unspecified atom stereocenters. The first-order chi connectivity index (χ1) is 15.1. The van der Waals surface area contributed by atoms with Gasteiger partial charge >= 0.3 is 5.82 Å². The highest BCUT2D eigenvalue weighted by atomic mass is 127. The summed E-state index contributed by atoms with van der Waals surface area (Å²) in [7, 11) is 0. The van der Waals surface area contributed by atoms with Gasteiger partial charge in [-0.05, 0) is 86.4 Å². The lowest BCUT2D eigenvalue weighted by atomic mass is 10.1. The maximum absolute atomic E-state index is 11.1. The molecule has 0 spiro atoms. The van der Waals surface area contributed by atoms with Crippen molar-refractivity contribution in [1.82, 2.24) is 15.0 Å². The molecule has 9 heteroatoms. The molecule has 5 rings (SSSR count). The highest BCUT2D eigenvalue weighted by Gasteiger charge is 2.25. The Labute approximate surface area is 203 Å². The van der Waals surface area contributed by atoms with Crippen molar-refractivity contribution in [1.29, 1.82) is 0 Å². The van der Waals surface area contributed by atoms with E-state index in [-0.39, 0.29) is 18.1 Å². The zero-order chi connectivity index (χ0) is 21.4. The van der Waals surface area contributed by atoms with E-state index >= 15 is 0 Å². The molecule has 4 aromatic carbocycles. The number of nitrogens with zero attached hydrogens (tertiary/aromatic N) is 5. The van der Waals surface area contributed by atoms with Gasteiger partial charge in [0, 0.05) is 25.9 Å². The molecule has 1 heterocycles. The van der Waals surface area contributed by atoms with Crippen LogP contribution in [0.5, 0.6) is 0 Å². The average Bonchev–Trinajstić information content (AvgIpc) is 3.24. The van der Waals surface area contributed by atoms with Crippen LogP contribution in [0.25, 0.3) is 33.5 Å². The molecule has 0 fully saturated rings. The molecule has 5 aromatic rings. The fraction of sp³-hybridized carbons (Fsp3) is 0. The summed E-state index contributed by atoms with van der Waals surface area (Å²) in [4.78, 5) is 14.0. The van der Waals surface area contributed by atoms with Gasteiger partial charge in [-0.1, -0.05) is 30.3 Å². The second kappa shape index (κ2) is 9.01. The monoisotopic (exact) mass is 555 g/mol. The van der Waals surface area contributed by atoms with Crippen LogP contribution in [0.4, 0.5) is 5.69 Å². The van der Waals surface area contributed by atoms with Gasteiger partial charge in [0.25, 0.3) is 5.69 Å². The first kappa shape index (κ1) is 21.8. The minimum atomic E-state index is -0.416. The van der Waals surface area contributed by atoms with E-state index in [4.69, 9.17) is 10.2 Å². The van der Waals surface area contributed by atoms with E-state index < -0.39 is 4.92 Å². The SMILES string of the molecule is O=[N+]([O-])c1ccc(-n2nc(-c3ccc(I)cc3)n[n+]2-c2cccc3ccccc23)cc1.[Cl-]. The van der Waals surface area contributed by atoms with Crippen LogP contribution in [-0.4, -0.2) is 19.9 Å². The molecule has 32 heavy (non-hydrogen) atoms. The Balaban J connectivity index is 0.00000245. The normalized spacial score (nSPS) is 10.7. The first-order valence-corrected chi connectivity index (χ1v) is 10.6. The van der Waals surface area contributed by atoms with Crippen LogP contribution in [0.2, 0.25) is 0 Å². The molecule has 1 aromatic heterocycles. The van der Waals surface area contributed by atoms with Crippen LogP contribution in [0.1, 0.15) is 0 Å². The second-order valence-corrected chi connectivity index (χ2v) is 8.13. The quantitative estimate of drug-likeness (QED) is 0.147. The standard InChI is InChI=1S/C23H15IN5O2.ClH/c24-18-10-8-17(9-11-18)23-25-27(19-12-14-20(15-13-19)29(30)31)28(26-23)22-7-3-5-16-4-1-2-6-21(16)22;/h1-15H;1H/q+1;/p-1. The molecule has 0 radical (unpaired) electrons. The minimum absolute atomic E-state index is 0. The van der Waals surface area contributed by atoms with Crippen LogP contribution in [0, 0.1) is 13.7 Å². The van der Waals surface area contributed by atoms with Crippen molar-refractivity contribution in [3.63, 3.8) is 0 Å². The van der Waals surface area contributed by atoms with E-state index in [2.05, 4.69) is 22.6 Å². The molecule has 7 nitrogen and oxygen atoms in total. The third-order valence-electron chi connectivity index (χ3n) is 4.93. The van der Waals surface area contributed by atoms with E-state index in [1.165, 1.54) is 12.1 Å². The summed E-state index contributed by atoms with van der Waals surface area (Å²) in [6.07, 6.45) is 0. The summed E-state index contributed by atoms with van der Waals surface area (Å²) < 4.78 is 1.12. The van der Waals surface area contributed by atoms with Gasteiger partial charge in [-0.15, -0.1) is 0 Å². The zero-order valence-electron chi connectivity index (χ0n) is 16.5. The lowest BCUT2D eigenvalue weighted by Gasteiger charge is -2.03. The molecular weight excluding hydrogens is 541 g/mol. The summed E-state index contributed by atoms with van der Waals surface area (Å²) in [5, 5.41) is 22.7. The van der Waals surface area contributed by atoms with Crippen molar-refractivity contribution >= 4 is 39.1 Å². The number of tetrazole rings is 1. The van der Waals surface area contributed by atoms with Crippen molar-refractivity contribution in [2.45, 2.75) is 0 Å². The summed E-state index contributed by atoms with van der Waals surface area (Å²) in [6.45, 7) is 0. The number of halogens is 2. The van der Waals surface area contributed by atoms with E-state index in [1.807, 2.05) is 66.7 Å². The van der Waals surface area contributed by atoms with Gasteiger partial charge in [0.1, 0.15) is 5.69 Å². The molecule has 0 aliphatic heterocycles. The number of non-ortho nitro benzene ring substituents is 1. The lowest BCUT2D eigenvalue weighted by molar-refractivity contribution is -0.733. The summed E-state index contributed by atoms with van der Waals surface area (Å²) in [5.41, 5.74) is 2.44. The molecule has 158 valence electrons. The smallest absolute Gasteiger partial charge is 0.340 e. The van der Waals surface area contributed by atoms with Crippen molar-refractivity contribution < 1.29 is 22.1 Å². The predicted molar refractivity (Wildman–Crippen MR) is 125 cm³/mol. The minimum Gasteiger partial charge on any atom is -1.00 e. The molecule has 0 bridgehead atoms. The van der Waals surface area contributed by atoms with Gasteiger partial charge < -0.3 is 12.4 Å². The van der Waals surface area contributed by atoms with Crippen LogP contribution in [0.3, 0.4) is 0 Å². The van der Waals surface area contributed by atoms with Crippen molar-refractivity contribution in [3.8, 4) is 22.8 Å². The third kappa shape index (κ3) is 4.06. The Morgan fingerprint density at radius 2 is 1.56 bits per heavy atom. The van der Waals surface area contributed by atoms with Crippen molar-refractivity contribution in [2.75, 3.05) is 0 Å². The zero-order valence-corrected chi connectivity index (χ0v) is 19.4. The van der Waals surface area contributed by atoms with Gasteiger partial charge in [-0.2, -0.15) is 0 Å². The molecule has 0 saturated heterocycles. The Kier molecular flexibility index (Phi) is 6.15. The molecule has 0 N–H and O–H groups in total. The summed E-state index contributed by atoms with van der Waals surface area (Å²) in [5.74, 6) is 0.558. The Morgan fingerprint density at radius 1 is 0.875 bits per heavy atom. The number of nitro groups is 1. The molecule has 0 saturated carbocycles. The number of rotatable bonds is 4. The molecule has 0 aliphatic carbocycles. The fourth-order valence-electron chi connectivity index (χ4n) is 3.41. The highest BCUT2D eigenvalue weighted by Crippen LogP contribution is 2.21. The largest absolute Gasteiger partial charge is 1.00 e. The number of aromatic nitrogens is 4. The van der Waals surface area contributed by atoms with Crippen LogP contribution < -0.4 is 17.2 Å². The fourth-order valence-corrected chi connectivity index (χ4v) is 3.77. The van der Waals surface area contributed by atoms with Gasteiger partial charge in [0.2, 0.25) is 0 Å². The van der Waals surface area contributed by atoms with Gasteiger partial charge in [-0.25, -0.2) is 0 Å². The van der Waals surface area contributed by atoms with Crippen LogP contribution in [0.15, 0.2) is 91.0 Å². The maximum Gasteiger partial charge on any atom is 0.340 e. The number of hydrogen-bond acceptors (Lipinski definition) is 4. The Morgan fingerprint density at radius 3 is 2.28 bits per heavy atom. The summed E-state index contributed by atoms with van der Waals surface area (Å²) >= 11 is 2.26. The third-order valence-corrected chi connectivity index (χ3v) is 5.65. The van der Waals surface area contributed by atoms with Crippen LogP contribution in [-0.2, 0) is 0 Å². The lowest BCUT2D eigenvalue weighted by Crippen LogP contribution is -3.00. The first-order valence-electron chi connectivity index (χ1n) is 9.49. The molecule has 0 aliphatic rings. The van der Waals surface area contributed by atoms with Gasteiger partial charge in [0.15, 0.2) is 5.69 Å². The van der Waals surface area contributed by atoms with E-state index in [0.29, 0.717) is 11.5 Å². The highest BCUT2D eigenvalue weighted by molar-refractivity contribution is 14.1. The number of nitro benzene ring substituents is 1. The van der Waals surface area contributed by atoms with E-state index in [0.717, 1.165) is 25.6 Å². The number of hydrogen-bond donors (Lipinski definition) is 0. The number of benzene rings is 4. The van der Waals surface area contributed by atoms with Crippen molar-refractivity contribution in [2.24, 2.45) is 0 Å². The second-order valence-electron chi connectivity index (χ2n) is 6.88. The molecule has 0 atom stereocenters. The Bertz CT molecular complexity index is 1410. The van der Waals surface area contributed by atoms with E-state index in [1.54, 1.807) is 21.7 Å². The van der Waals surface area contributed by atoms with Crippen LogP contribution >= 0.6 is 22.6 Å². The predicted octanol–water partition coefficient (Wildman–Crippen LogP) is 1.88. The topological polar surface area (TPSA) is 77.7 Å². The van der Waals surface area contributed by atoms with Crippen molar-refractivity contribution in [3.05, 3.63) is 105 Å². The Hall–Kier alpha value is -3.37. The van der Waals surface area contributed by atoms with E-state index in [9.17, 15) is 10.1 Å². The number of fused-ring (bicyclic) bond motifs is 1. The molecular formula is C23H15ClIN5O2. The summed E-state index contributed by atoms with van der Waals surface area (Å²) in [6, 6.07) is 28.3. The average molecular weight is 556 g/mol. The maximum atomic E-state index is 11.1. The van der Waals surface area contributed by atoms with Gasteiger partial charge in [0.05, 0.1) is 15.6 Å².